The van der Waals surface area contributed by atoms with Crippen LogP contribution >= 0.6 is 23.1 Å². The maximum atomic E-state index is 13.2. The van der Waals surface area contributed by atoms with E-state index in [-0.39, 0.29) is 17.7 Å². The molecule has 0 aliphatic carbocycles. The van der Waals surface area contributed by atoms with Gasteiger partial charge >= 0.3 is 0 Å². The van der Waals surface area contributed by atoms with Crippen molar-refractivity contribution in [1.82, 2.24) is 15.0 Å². The van der Waals surface area contributed by atoms with Gasteiger partial charge in [-0.25, -0.2) is 15.0 Å². The van der Waals surface area contributed by atoms with Crippen LogP contribution in [-0.4, -0.2) is 39.5 Å². The van der Waals surface area contributed by atoms with E-state index in [0.29, 0.717) is 12.2 Å². The second-order valence-corrected chi connectivity index (χ2v) is 8.71. The highest BCUT2D eigenvalue weighted by Crippen LogP contribution is 2.35. The fourth-order valence-corrected chi connectivity index (χ4v) is 5.11. The summed E-state index contributed by atoms with van der Waals surface area (Å²) < 4.78 is 10.9. The van der Waals surface area contributed by atoms with Crippen LogP contribution in [0.3, 0.4) is 0 Å². The number of ether oxygens (including phenoxy) is 1. The molecule has 0 unspecified atom stereocenters. The number of benzene rings is 1. The second kappa shape index (κ2) is 8.52. The van der Waals surface area contributed by atoms with Gasteiger partial charge in [-0.1, -0.05) is 11.8 Å². The lowest BCUT2D eigenvalue weighted by atomic mass is 10.0. The molecule has 1 amide bonds. The van der Waals surface area contributed by atoms with Crippen molar-refractivity contribution in [2.24, 2.45) is 5.10 Å². The first-order valence-electron chi connectivity index (χ1n) is 9.61. The highest BCUT2D eigenvalue weighted by Gasteiger charge is 2.34. The molecule has 1 aliphatic heterocycles. The average molecular weight is 451 g/mol. The number of rotatable bonds is 6. The Morgan fingerprint density at radius 2 is 2.13 bits per heavy atom. The number of thiophene rings is 1. The topological polar surface area (TPSA) is 80.8 Å². The summed E-state index contributed by atoms with van der Waals surface area (Å²) in [5.41, 5.74) is 1.79. The standard InChI is InChI=1S/C22H18N4O3S2/c1-28-15-6-4-14(5-7-15)17-11-18(19-3-2-9-29-19)26(25-17)20(27)12-31-22-16-8-10-30-21(16)23-13-24-22/h2-10,13,18H,11-12H2,1H3/t18-/m1/s1. The Bertz CT molecular complexity index is 1240. The first-order valence-corrected chi connectivity index (χ1v) is 11.5. The molecule has 0 spiro atoms. The van der Waals surface area contributed by atoms with Gasteiger partial charge in [0, 0.05) is 11.8 Å². The van der Waals surface area contributed by atoms with Crippen molar-refractivity contribution in [3.05, 3.63) is 71.8 Å². The Balaban J connectivity index is 1.38. The van der Waals surface area contributed by atoms with Crippen LogP contribution in [0.1, 0.15) is 23.8 Å². The van der Waals surface area contributed by atoms with E-state index in [1.807, 2.05) is 47.8 Å². The quantitative estimate of drug-likeness (QED) is 0.311. The van der Waals surface area contributed by atoms with Gasteiger partial charge in [0.2, 0.25) is 0 Å². The van der Waals surface area contributed by atoms with Crippen LogP contribution in [0.25, 0.3) is 10.2 Å². The SMILES string of the molecule is COc1ccc(C2=NN(C(=O)CSc3ncnc4sccc34)[C@@H](c3ccco3)C2)cc1. The summed E-state index contributed by atoms with van der Waals surface area (Å²) in [5, 5.41) is 9.95. The van der Waals surface area contributed by atoms with Crippen LogP contribution in [0.2, 0.25) is 0 Å². The predicted molar refractivity (Wildman–Crippen MR) is 121 cm³/mol. The molecular weight excluding hydrogens is 432 g/mol. The van der Waals surface area contributed by atoms with Gasteiger partial charge < -0.3 is 9.15 Å². The molecule has 1 aliphatic rings. The van der Waals surface area contributed by atoms with Crippen molar-refractivity contribution in [3.8, 4) is 5.75 Å². The minimum absolute atomic E-state index is 0.100. The molecular formula is C22H18N4O3S2. The first kappa shape index (κ1) is 19.8. The fourth-order valence-electron chi connectivity index (χ4n) is 3.48. The lowest BCUT2D eigenvalue weighted by Crippen LogP contribution is -2.28. The van der Waals surface area contributed by atoms with Crippen LogP contribution < -0.4 is 4.74 Å². The maximum Gasteiger partial charge on any atom is 0.253 e. The van der Waals surface area contributed by atoms with Crippen LogP contribution in [0.5, 0.6) is 5.75 Å². The molecule has 5 rings (SSSR count). The zero-order valence-electron chi connectivity index (χ0n) is 16.6. The summed E-state index contributed by atoms with van der Waals surface area (Å²) in [7, 11) is 1.63. The molecule has 0 fully saturated rings. The number of hydrogen-bond donors (Lipinski definition) is 0. The lowest BCUT2D eigenvalue weighted by molar-refractivity contribution is -0.130. The Hall–Kier alpha value is -3.17. The molecule has 156 valence electrons. The molecule has 0 saturated heterocycles. The molecule has 4 aromatic rings. The zero-order valence-corrected chi connectivity index (χ0v) is 18.2. The van der Waals surface area contributed by atoms with Gasteiger partial charge in [0.05, 0.1) is 24.8 Å². The Labute approximate surface area is 186 Å². The fraction of sp³-hybridized carbons (Fsp3) is 0.182. The highest BCUT2D eigenvalue weighted by atomic mass is 32.2. The molecule has 3 aromatic heterocycles. The van der Waals surface area contributed by atoms with E-state index in [1.54, 1.807) is 24.7 Å². The number of hydrogen-bond acceptors (Lipinski definition) is 8. The normalized spacial score (nSPS) is 16.0. The minimum atomic E-state index is -0.272. The molecule has 0 N–H and O–H groups in total. The summed E-state index contributed by atoms with van der Waals surface area (Å²) in [6.45, 7) is 0. The van der Waals surface area contributed by atoms with Gasteiger partial charge in [0.25, 0.3) is 5.91 Å². The molecule has 7 nitrogen and oxygen atoms in total. The predicted octanol–water partition coefficient (Wildman–Crippen LogP) is 4.76. The van der Waals surface area contributed by atoms with Crippen molar-refractivity contribution >= 4 is 44.9 Å². The lowest BCUT2D eigenvalue weighted by Gasteiger charge is -2.19. The summed E-state index contributed by atoms with van der Waals surface area (Å²) in [5.74, 6) is 1.61. The number of thioether (sulfide) groups is 1. The van der Waals surface area contributed by atoms with Gasteiger partial charge in [-0.15, -0.1) is 11.3 Å². The first-order chi connectivity index (χ1) is 15.2. The van der Waals surface area contributed by atoms with Crippen LogP contribution in [-0.2, 0) is 4.79 Å². The third-order valence-corrected chi connectivity index (χ3v) is 6.83. The third-order valence-electron chi connectivity index (χ3n) is 5.02. The Morgan fingerprint density at radius 3 is 2.90 bits per heavy atom. The average Bonchev–Trinajstić information content (AvgIpc) is 3.57. The summed E-state index contributed by atoms with van der Waals surface area (Å²) in [6, 6.07) is 13.1. The van der Waals surface area contributed by atoms with E-state index in [1.165, 1.54) is 23.1 Å². The maximum absolute atomic E-state index is 13.2. The number of aromatic nitrogens is 2. The molecule has 0 radical (unpaired) electrons. The van der Waals surface area contributed by atoms with E-state index in [4.69, 9.17) is 9.15 Å². The molecule has 9 heteroatoms. The third kappa shape index (κ3) is 3.94. The van der Waals surface area contributed by atoms with E-state index < -0.39 is 0 Å². The molecule has 1 aromatic carbocycles. The van der Waals surface area contributed by atoms with Crippen molar-refractivity contribution < 1.29 is 13.9 Å². The molecule has 1 atom stereocenters. The van der Waals surface area contributed by atoms with Crippen molar-refractivity contribution in [2.75, 3.05) is 12.9 Å². The number of carbonyl (C=O) groups excluding carboxylic acids is 1. The van der Waals surface area contributed by atoms with Gasteiger partial charge in [0.15, 0.2) is 0 Å². The Kier molecular flexibility index (Phi) is 5.44. The van der Waals surface area contributed by atoms with E-state index in [2.05, 4.69) is 15.1 Å². The molecule has 0 bridgehead atoms. The zero-order chi connectivity index (χ0) is 21.2. The summed E-state index contributed by atoms with van der Waals surface area (Å²) in [6.07, 6.45) is 3.73. The smallest absolute Gasteiger partial charge is 0.253 e. The Morgan fingerprint density at radius 1 is 1.26 bits per heavy atom. The van der Waals surface area contributed by atoms with Gasteiger partial charge in [-0.05, 0) is 53.4 Å². The van der Waals surface area contributed by atoms with Crippen molar-refractivity contribution in [2.45, 2.75) is 17.5 Å². The highest BCUT2D eigenvalue weighted by molar-refractivity contribution is 8.00. The van der Waals surface area contributed by atoms with Gasteiger partial charge in [-0.3, -0.25) is 4.79 Å². The summed E-state index contributed by atoms with van der Waals surface area (Å²) in [4.78, 5) is 22.7. The second-order valence-electron chi connectivity index (χ2n) is 6.86. The van der Waals surface area contributed by atoms with Crippen molar-refractivity contribution in [3.63, 3.8) is 0 Å². The minimum Gasteiger partial charge on any atom is -0.497 e. The number of fused-ring (bicyclic) bond motifs is 1. The van der Waals surface area contributed by atoms with Gasteiger partial charge in [0.1, 0.15) is 33.7 Å². The largest absolute Gasteiger partial charge is 0.497 e. The van der Waals surface area contributed by atoms with Crippen LogP contribution in [0.15, 0.2) is 75.0 Å². The molecule has 31 heavy (non-hydrogen) atoms. The van der Waals surface area contributed by atoms with Crippen LogP contribution in [0, 0.1) is 0 Å². The molecule has 0 saturated carbocycles. The number of amides is 1. The van der Waals surface area contributed by atoms with E-state index in [9.17, 15) is 4.79 Å². The number of methoxy groups -OCH3 is 1. The van der Waals surface area contributed by atoms with E-state index in [0.717, 1.165) is 32.3 Å². The number of furan rings is 1. The molecule has 4 heterocycles. The number of hydrazone groups is 1. The number of nitrogens with zero attached hydrogens (tertiary/aromatic N) is 4. The summed E-state index contributed by atoms with van der Waals surface area (Å²) >= 11 is 2.96. The van der Waals surface area contributed by atoms with Gasteiger partial charge in [-0.2, -0.15) is 5.10 Å². The van der Waals surface area contributed by atoms with Crippen molar-refractivity contribution in [1.29, 1.82) is 0 Å². The van der Waals surface area contributed by atoms with Crippen LogP contribution in [0.4, 0.5) is 0 Å². The van der Waals surface area contributed by atoms with E-state index >= 15 is 0 Å². The number of carbonyl (C=O) groups is 1. The monoisotopic (exact) mass is 450 g/mol.